The Morgan fingerprint density at radius 2 is 1.79 bits per heavy atom. The van der Waals surface area contributed by atoms with Crippen LogP contribution in [0.3, 0.4) is 0 Å². The molecule has 0 saturated heterocycles. The Kier molecular flexibility index (Phi) is 4.95. The lowest BCUT2D eigenvalue weighted by Crippen LogP contribution is -2.47. The smallest absolute Gasteiger partial charge is 0.407 e. The average molecular weight is 265 g/mol. The highest BCUT2D eigenvalue weighted by Crippen LogP contribution is 2.19. The molecular weight excluding hydrogens is 242 g/mol. The molecular formula is C15H23NO3. The summed E-state index contributed by atoms with van der Waals surface area (Å²) in [5.74, 6) is 0. The van der Waals surface area contributed by atoms with E-state index in [4.69, 9.17) is 4.74 Å². The Balaban J connectivity index is 2.43. The van der Waals surface area contributed by atoms with Gasteiger partial charge in [-0.1, -0.05) is 30.3 Å². The van der Waals surface area contributed by atoms with E-state index in [0.717, 1.165) is 5.56 Å². The van der Waals surface area contributed by atoms with Gasteiger partial charge in [-0.05, 0) is 39.7 Å². The van der Waals surface area contributed by atoms with Crippen molar-refractivity contribution < 1.29 is 14.6 Å². The first kappa shape index (κ1) is 15.5. The molecule has 1 rings (SSSR count). The maximum atomic E-state index is 11.7. The molecule has 0 radical (unpaired) electrons. The van der Waals surface area contributed by atoms with Gasteiger partial charge < -0.3 is 15.2 Å². The van der Waals surface area contributed by atoms with Crippen LogP contribution in [0.2, 0.25) is 0 Å². The number of carbonyl (C=O) groups is 1. The first-order valence-electron chi connectivity index (χ1n) is 6.39. The predicted octanol–water partition coefficient (Wildman–Crippen LogP) is 2.85. The standard InChI is InChI=1S/C15H23NO3/c1-14(2,11-15(3,4)18)16-13(17)19-10-12-8-6-5-7-9-12/h5-9,18H,10-11H2,1-4H3,(H,16,17). The minimum absolute atomic E-state index is 0.241. The molecule has 0 atom stereocenters. The quantitative estimate of drug-likeness (QED) is 0.860. The molecule has 1 aromatic rings. The van der Waals surface area contributed by atoms with Crippen LogP contribution < -0.4 is 5.32 Å². The average Bonchev–Trinajstić information content (AvgIpc) is 2.23. The molecule has 0 aromatic heterocycles. The summed E-state index contributed by atoms with van der Waals surface area (Å²) in [6.45, 7) is 7.38. The summed E-state index contributed by atoms with van der Waals surface area (Å²) in [5, 5.41) is 12.5. The summed E-state index contributed by atoms with van der Waals surface area (Å²) >= 11 is 0. The number of carbonyl (C=O) groups excluding carboxylic acids is 1. The molecule has 0 heterocycles. The van der Waals surface area contributed by atoms with E-state index >= 15 is 0 Å². The van der Waals surface area contributed by atoms with E-state index in [1.54, 1.807) is 13.8 Å². The van der Waals surface area contributed by atoms with Crippen molar-refractivity contribution in [1.29, 1.82) is 0 Å². The van der Waals surface area contributed by atoms with Gasteiger partial charge in [-0.25, -0.2) is 4.79 Å². The van der Waals surface area contributed by atoms with Crippen molar-refractivity contribution in [2.75, 3.05) is 0 Å². The molecule has 1 amide bonds. The van der Waals surface area contributed by atoms with Crippen molar-refractivity contribution in [2.24, 2.45) is 0 Å². The van der Waals surface area contributed by atoms with Crippen molar-refractivity contribution >= 4 is 6.09 Å². The number of alkyl carbamates (subject to hydrolysis) is 1. The van der Waals surface area contributed by atoms with Crippen LogP contribution in [0.15, 0.2) is 30.3 Å². The van der Waals surface area contributed by atoms with Gasteiger partial charge in [-0.3, -0.25) is 0 Å². The number of aliphatic hydroxyl groups is 1. The molecule has 0 spiro atoms. The number of amides is 1. The van der Waals surface area contributed by atoms with Crippen molar-refractivity contribution in [3.05, 3.63) is 35.9 Å². The van der Waals surface area contributed by atoms with Crippen LogP contribution in [-0.4, -0.2) is 22.3 Å². The Bertz CT molecular complexity index is 407. The van der Waals surface area contributed by atoms with Crippen molar-refractivity contribution in [3.8, 4) is 0 Å². The van der Waals surface area contributed by atoms with E-state index in [9.17, 15) is 9.90 Å². The Hall–Kier alpha value is -1.55. The highest BCUT2D eigenvalue weighted by atomic mass is 16.5. The molecule has 4 nitrogen and oxygen atoms in total. The van der Waals surface area contributed by atoms with E-state index in [1.165, 1.54) is 0 Å². The van der Waals surface area contributed by atoms with Crippen molar-refractivity contribution in [2.45, 2.75) is 51.9 Å². The molecule has 0 aliphatic carbocycles. The molecule has 0 saturated carbocycles. The van der Waals surface area contributed by atoms with Crippen molar-refractivity contribution in [3.63, 3.8) is 0 Å². The maximum absolute atomic E-state index is 11.7. The predicted molar refractivity (Wildman–Crippen MR) is 74.8 cm³/mol. The van der Waals surface area contributed by atoms with Crippen molar-refractivity contribution in [1.82, 2.24) is 5.32 Å². The number of hydrogen-bond donors (Lipinski definition) is 2. The van der Waals surface area contributed by atoms with E-state index in [1.807, 2.05) is 44.2 Å². The van der Waals surface area contributed by atoms with E-state index in [-0.39, 0.29) is 6.61 Å². The van der Waals surface area contributed by atoms with Gasteiger partial charge in [0.15, 0.2) is 0 Å². The first-order valence-corrected chi connectivity index (χ1v) is 6.39. The minimum atomic E-state index is -0.837. The molecule has 106 valence electrons. The maximum Gasteiger partial charge on any atom is 0.407 e. The highest BCUT2D eigenvalue weighted by Gasteiger charge is 2.28. The zero-order valence-corrected chi connectivity index (χ0v) is 12.1. The van der Waals surface area contributed by atoms with Gasteiger partial charge >= 0.3 is 6.09 Å². The van der Waals surface area contributed by atoms with Gasteiger partial charge in [0.2, 0.25) is 0 Å². The van der Waals surface area contributed by atoms with Gasteiger partial charge in [-0.2, -0.15) is 0 Å². The number of benzene rings is 1. The molecule has 2 N–H and O–H groups in total. The summed E-state index contributed by atoms with van der Waals surface area (Å²) in [5.41, 5.74) is -0.416. The number of hydrogen-bond acceptors (Lipinski definition) is 3. The third-order valence-electron chi connectivity index (χ3n) is 2.53. The van der Waals surface area contributed by atoms with Crippen LogP contribution >= 0.6 is 0 Å². The first-order chi connectivity index (χ1) is 8.68. The van der Waals surface area contributed by atoms with Gasteiger partial charge in [0.05, 0.1) is 5.60 Å². The summed E-state index contributed by atoms with van der Waals surface area (Å²) in [7, 11) is 0. The lowest BCUT2D eigenvalue weighted by Gasteiger charge is -2.31. The summed E-state index contributed by atoms with van der Waals surface area (Å²) in [6.07, 6.45) is -0.0291. The minimum Gasteiger partial charge on any atom is -0.445 e. The monoisotopic (exact) mass is 265 g/mol. The zero-order chi connectivity index (χ0) is 14.5. The van der Waals surface area contributed by atoms with E-state index < -0.39 is 17.2 Å². The molecule has 0 aliphatic heterocycles. The number of rotatable bonds is 5. The second-order valence-electron chi connectivity index (χ2n) is 6.06. The topological polar surface area (TPSA) is 58.6 Å². The summed E-state index contributed by atoms with van der Waals surface area (Å²) in [6, 6.07) is 9.50. The third-order valence-corrected chi connectivity index (χ3v) is 2.53. The number of nitrogens with one attached hydrogen (secondary N) is 1. The molecule has 1 aromatic carbocycles. The molecule has 4 heteroatoms. The molecule has 19 heavy (non-hydrogen) atoms. The molecule has 0 unspecified atom stereocenters. The van der Waals surface area contributed by atoms with Crippen LogP contribution in [0.1, 0.15) is 39.7 Å². The van der Waals surface area contributed by atoms with Crippen LogP contribution in [0.4, 0.5) is 4.79 Å². The zero-order valence-electron chi connectivity index (χ0n) is 12.1. The van der Waals surface area contributed by atoms with Crippen LogP contribution in [0.25, 0.3) is 0 Å². The van der Waals surface area contributed by atoms with Gasteiger partial charge in [-0.15, -0.1) is 0 Å². The fraction of sp³-hybridized carbons (Fsp3) is 0.533. The van der Waals surface area contributed by atoms with E-state index in [2.05, 4.69) is 5.32 Å². The largest absolute Gasteiger partial charge is 0.445 e. The highest BCUT2D eigenvalue weighted by molar-refractivity contribution is 5.68. The third kappa shape index (κ3) is 6.82. The molecule has 0 bridgehead atoms. The Morgan fingerprint density at radius 3 is 2.32 bits per heavy atom. The molecule has 0 aliphatic rings. The summed E-state index contributed by atoms with van der Waals surface area (Å²) in [4.78, 5) is 11.7. The van der Waals surface area contributed by atoms with Gasteiger partial charge in [0, 0.05) is 5.54 Å². The summed E-state index contributed by atoms with van der Waals surface area (Å²) < 4.78 is 5.15. The normalized spacial score (nSPS) is 12.1. The van der Waals surface area contributed by atoms with E-state index in [0.29, 0.717) is 6.42 Å². The lowest BCUT2D eigenvalue weighted by molar-refractivity contribution is 0.0421. The second kappa shape index (κ2) is 6.06. The lowest BCUT2D eigenvalue weighted by atomic mass is 9.90. The Morgan fingerprint density at radius 1 is 1.21 bits per heavy atom. The molecule has 0 fully saturated rings. The fourth-order valence-corrected chi connectivity index (χ4v) is 2.16. The number of ether oxygens (including phenoxy) is 1. The Labute approximate surface area is 114 Å². The SMILES string of the molecule is CC(C)(O)CC(C)(C)NC(=O)OCc1ccccc1. The second-order valence-corrected chi connectivity index (χ2v) is 6.06. The van der Waals surface area contributed by atoms with Crippen LogP contribution in [0.5, 0.6) is 0 Å². The fourth-order valence-electron chi connectivity index (χ4n) is 2.16. The van der Waals surface area contributed by atoms with Gasteiger partial charge in [0.25, 0.3) is 0 Å². The van der Waals surface area contributed by atoms with Gasteiger partial charge in [0.1, 0.15) is 6.61 Å². The van der Waals surface area contributed by atoms with Crippen LogP contribution in [-0.2, 0) is 11.3 Å². The van der Waals surface area contributed by atoms with Crippen LogP contribution in [0, 0.1) is 0 Å².